The molecule has 3 N–H and O–H groups in total. The lowest BCUT2D eigenvalue weighted by molar-refractivity contribution is 0.276. The summed E-state index contributed by atoms with van der Waals surface area (Å²) in [4.78, 5) is 8.75. The number of phenolic OH excluding ortho intramolecular Hbond substituents is 1. The third-order valence-corrected chi connectivity index (χ3v) is 3.82. The summed E-state index contributed by atoms with van der Waals surface area (Å²) in [7, 11) is 1.49. The summed E-state index contributed by atoms with van der Waals surface area (Å²) in [5, 5.41) is 22.6. The fraction of sp³-hybridized carbons (Fsp3) is 0.158. The Balaban J connectivity index is 1.86. The average Bonchev–Trinajstić information content (AvgIpc) is 2.67. The first kappa shape index (κ1) is 16.7. The van der Waals surface area contributed by atoms with Gasteiger partial charge in [0.15, 0.2) is 11.5 Å². The minimum Gasteiger partial charge on any atom is -0.504 e. The first-order chi connectivity index (χ1) is 12.2. The fourth-order valence-corrected chi connectivity index (χ4v) is 2.51. The van der Waals surface area contributed by atoms with Crippen molar-refractivity contribution in [3.63, 3.8) is 0 Å². The molecular weight excluding hydrogens is 318 g/mol. The van der Waals surface area contributed by atoms with Crippen LogP contribution in [0.15, 0.2) is 60.9 Å². The summed E-state index contributed by atoms with van der Waals surface area (Å²) in [6.45, 7) is -0.0665. The largest absolute Gasteiger partial charge is 0.504 e. The van der Waals surface area contributed by atoms with Gasteiger partial charge in [-0.15, -0.1) is 0 Å². The van der Waals surface area contributed by atoms with Crippen LogP contribution in [0.2, 0.25) is 0 Å². The first-order valence-corrected chi connectivity index (χ1v) is 7.83. The van der Waals surface area contributed by atoms with Crippen LogP contribution in [-0.2, 0) is 0 Å². The van der Waals surface area contributed by atoms with E-state index in [1.165, 1.54) is 7.11 Å². The Morgan fingerprint density at radius 2 is 1.92 bits per heavy atom. The second-order valence-corrected chi connectivity index (χ2v) is 5.47. The number of nitrogens with one attached hydrogen (secondary N) is 1. The number of aliphatic hydroxyl groups is 1. The van der Waals surface area contributed by atoms with Gasteiger partial charge in [0.25, 0.3) is 0 Å². The Morgan fingerprint density at radius 3 is 2.64 bits per heavy atom. The van der Waals surface area contributed by atoms with E-state index in [1.54, 1.807) is 30.6 Å². The Morgan fingerprint density at radius 1 is 1.12 bits per heavy atom. The molecule has 6 heteroatoms. The van der Waals surface area contributed by atoms with E-state index < -0.39 is 0 Å². The van der Waals surface area contributed by atoms with Crippen LogP contribution in [0.1, 0.15) is 11.6 Å². The molecule has 0 aliphatic rings. The standard InChI is InChI=1S/C19H19N3O3/c1-25-18-9-14(7-8-17(18)24)15-10-20-11-19(21-15)22-16(12-23)13-5-3-2-4-6-13/h2-11,16,23-24H,12H2,1H3,(H,21,22). The van der Waals surface area contributed by atoms with Crippen LogP contribution in [0.25, 0.3) is 11.3 Å². The minimum absolute atomic E-state index is 0.0665. The van der Waals surface area contributed by atoms with E-state index in [4.69, 9.17) is 4.74 Å². The van der Waals surface area contributed by atoms with Gasteiger partial charge >= 0.3 is 0 Å². The second kappa shape index (κ2) is 7.63. The number of aromatic nitrogens is 2. The molecule has 0 aliphatic carbocycles. The van der Waals surface area contributed by atoms with Gasteiger partial charge in [-0.2, -0.15) is 0 Å². The van der Waals surface area contributed by atoms with Gasteiger partial charge in [-0.05, 0) is 23.8 Å². The number of hydrogen-bond donors (Lipinski definition) is 3. The molecule has 0 aliphatic heterocycles. The van der Waals surface area contributed by atoms with Crippen LogP contribution in [0.3, 0.4) is 0 Å². The van der Waals surface area contributed by atoms with Gasteiger partial charge < -0.3 is 20.3 Å². The molecule has 0 saturated heterocycles. The molecule has 0 amide bonds. The molecule has 0 radical (unpaired) electrons. The topological polar surface area (TPSA) is 87.5 Å². The van der Waals surface area contributed by atoms with Crippen molar-refractivity contribution in [3.05, 3.63) is 66.5 Å². The normalized spacial score (nSPS) is 11.8. The van der Waals surface area contributed by atoms with Crippen LogP contribution < -0.4 is 10.1 Å². The lowest BCUT2D eigenvalue weighted by Crippen LogP contribution is -2.15. The molecule has 0 saturated carbocycles. The van der Waals surface area contributed by atoms with E-state index in [0.29, 0.717) is 17.3 Å². The molecule has 128 valence electrons. The van der Waals surface area contributed by atoms with E-state index >= 15 is 0 Å². The van der Waals surface area contributed by atoms with Crippen molar-refractivity contribution in [2.45, 2.75) is 6.04 Å². The molecule has 3 rings (SSSR count). The molecule has 6 nitrogen and oxygen atoms in total. The summed E-state index contributed by atoms with van der Waals surface area (Å²) in [6, 6.07) is 14.4. The Hall–Kier alpha value is -3.12. The molecule has 2 aromatic carbocycles. The zero-order valence-electron chi connectivity index (χ0n) is 13.8. The lowest BCUT2D eigenvalue weighted by Gasteiger charge is -2.17. The monoisotopic (exact) mass is 337 g/mol. The number of phenols is 1. The lowest BCUT2D eigenvalue weighted by atomic mass is 10.1. The maximum atomic E-state index is 9.71. The SMILES string of the molecule is COc1cc(-c2cncc(NC(CO)c3ccccc3)n2)ccc1O. The molecule has 25 heavy (non-hydrogen) atoms. The van der Waals surface area contributed by atoms with E-state index in [0.717, 1.165) is 11.1 Å². The molecule has 1 heterocycles. The van der Waals surface area contributed by atoms with Gasteiger partial charge in [-0.25, -0.2) is 4.98 Å². The Bertz CT molecular complexity index is 840. The van der Waals surface area contributed by atoms with Gasteiger partial charge in [-0.3, -0.25) is 4.98 Å². The molecule has 0 spiro atoms. The van der Waals surface area contributed by atoms with Crippen molar-refractivity contribution in [2.24, 2.45) is 0 Å². The van der Waals surface area contributed by atoms with Crippen LogP contribution in [0.5, 0.6) is 11.5 Å². The number of hydrogen-bond acceptors (Lipinski definition) is 6. The van der Waals surface area contributed by atoms with E-state index in [9.17, 15) is 10.2 Å². The summed E-state index contributed by atoms with van der Waals surface area (Å²) >= 11 is 0. The number of benzene rings is 2. The van der Waals surface area contributed by atoms with E-state index in [2.05, 4.69) is 15.3 Å². The average molecular weight is 337 g/mol. The number of anilines is 1. The summed E-state index contributed by atoms with van der Waals surface area (Å²) in [5.41, 5.74) is 2.36. The van der Waals surface area contributed by atoms with E-state index in [-0.39, 0.29) is 18.4 Å². The molecule has 0 bridgehead atoms. The highest BCUT2D eigenvalue weighted by Crippen LogP contribution is 2.31. The van der Waals surface area contributed by atoms with Crippen molar-refractivity contribution in [3.8, 4) is 22.8 Å². The molecule has 1 atom stereocenters. The van der Waals surface area contributed by atoms with Crippen molar-refractivity contribution in [2.75, 3.05) is 19.0 Å². The van der Waals surface area contributed by atoms with Gasteiger partial charge in [0, 0.05) is 5.56 Å². The Kier molecular flexibility index (Phi) is 5.11. The third-order valence-electron chi connectivity index (χ3n) is 3.82. The van der Waals surface area contributed by atoms with Crippen molar-refractivity contribution < 1.29 is 14.9 Å². The smallest absolute Gasteiger partial charge is 0.161 e. The summed E-state index contributed by atoms with van der Waals surface area (Å²) in [5.74, 6) is 0.987. The first-order valence-electron chi connectivity index (χ1n) is 7.83. The van der Waals surface area contributed by atoms with Crippen molar-refractivity contribution in [1.82, 2.24) is 9.97 Å². The van der Waals surface area contributed by atoms with Crippen LogP contribution >= 0.6 is 0 Å². The molecule has 1 unspecified atom stereocenters. The van der Waals surface area contributed by atoms with Gasteiger partial charge in [0.1, 0.15) is 5.82 Å². The summed E-state index contributed by atoms with van der Waals surface area (Å²) in [6.07, 6.45) is 3.24. The fourth-order valence-electron chi connectivity index (χ4n) is 2.51. The van der Waals surface area contributed by atoms with Crippen molar-refractivity contribution in [1.29, 1.82) is 0 Å². The van der Waals surface area contributed by atoms with Crippen molar-refractivity contribution >= 4 is 5.82 Å². The number of ether oxygens (including phenoxy) is 1. The van der Waals surface area contributed by atoms with Gasteiger partial charge in [0.05, 0.1) is 37.8 Å². The quantitative estimate of drug-likeness (QED) is 0.641. The maximum Gasteiger partial charge on any atom is 0.161 e. The molecule has 3 aromatic rings. The second-order valence-electron chi connectivity index (χ2n) is 5.47. The summed E-state index contributed by atoms with van der Waals surface area (Å²) < 4.78 is 5.13. The van der Waals surface area contributed by atoms with Crippen LogP contribution in [-0.4, -0.2) is 33.9 Å². The molecule has 1 aromatic heterocycles. The predicted octanol–water partition coefficient (Wildman–Crippen LogP) is 3.00. The number of rotatable bonds is 6. The third kappa shape index (κ3) is 3.87. The number of nitrogens with zero attached hydrogens (tertiary/aromatic N) is 2. The zero-order valence-corrected chi connectivity index (χ0v) is 13.8. The number of aliphatic hydroxyl groups excluding tert-OH is 1. The highest BCUT2D eigenvalue weighted by Gasteiger charge is 2.12. The number of aromatic hydroxyl groups is 1. The van der Waals surface area contributed by atoms with Gasteiger partial charge in [-0.1, -0.05) is 30.3 Å². The predicted molar refractivity (Wildman–Crippen MR) is 95.6 cm³/mol. The highest BCUT2D eigenvalue weighted by molar-refractivity contribution is 5.64. The minimum atomic E-state index is -0.278. The molecule has 0 fully saturated rings. The van der Waals surface area contributed by atoms with Gasteiger partial charge in [0.2, 0.25) is 0 Å². The van der Waals surface area contributed by atoms with Crippen LogP contribution in [0, 0.1) is 0 Å². The van der Waals surface area contributed by atoms with E-state index in [1.807, 2.05) is 30.3 Å². The Labute approximate surface area is 145 Å². The highest BCUT2D eigenvalue weighted by atomic mass is 16.5. The maximum absolute atomic E-state index is 9.71. The van der Waals surface area contributed by atoms with Crippen LogP contribution in [0.4, 0.5) is 5.82 Å². The molecular formula is C19H19N3O3. The zero-order chi connectivity index (χ0) is 17.6. The number of methoxy groups -OCH3 is 1.